The highest BCUT2D eigenvalue weighted by Crippen LogP contribution is 2.39. The maximum absolute atomic E-state index is 14.4. The van der Waals surface area contributed by atoms with Crippen LogP contribution in [0.4, 0.5) is 4.39 Å². The fourth-order valence-corrected chi connectivity index (χ4v) is 3.39. The molecule has 8 heteroatoms. The molecule has 0 bridgehead atoms. The molecule has 1 unspecified atom stereocenters. The van der Waals surface area contributed by atoms with Crippen molar-refractivity contribution in [2.75, 3.05) is 13.1 Å². The third-order valence-electron chi connectivity index (χ3n) is 5.01. The van der Waals surface area contributed by atoms with Crippen LogP contribution in [-0.2, 0) is 0 Å². The van der Waals surface area contributed by atoms with Crippen molar-refractivity contribution in [3.63, 3.8) is 0 Å². The van der Waals surface area contributed by atoms with E-state index in [1.807, 2.05) is 0 Å². The maximum atomic E-state index is 14.4. The van der Waals surface area contributed by atoms with Gasteiger partial charge in [0, 0.05) is 37.5 Å². The van der Waals surface area contributed by atoms with E-state index in [9.17, 15) is 9.18 Å². The Morgan fingerprint density at radius 1 is 1.12 bits per heavy atom. The van der Waals surface area contributed by atoms with E-state index in [2.05, 4.69) is 20.1 Å². The molecule has 0 spiro atoms. The Hall–Kier alpha value is -2.90. The molecule has 1 saturated carbocycles. The zero-order valence-electron chi connectivity index (χ0n) is 13.9. The van der Waals surface area contributed by atoms with Crippen LogP contribution in [0.1, 0.15) is 53.2 Å². The Morgan fingerprint density at radius 3 is 2.65 bits per heavy atom. The summed E-state index contributed by atoms with van der Waals surface area (Å²) in [5.41, 5.74) is 0.945. The first-order chi connectivity index (χ1) is 12.7. The van der Waals surface area contributed by atoms with Crippen LogP contribution in [0.15, 0.2) is 29.0 Å². The molecule has 2 aliphatic rings. The highest BCUT2D eigenvalue weighted by atomic mass is 19.1. The number of likely N-dealkylation sites (tertiary alicyclic amines) is 1. The van der Waals surface area contributed by atoms with Crippen molar-refractivity contribution in [2.45, 2.75) is 31.1 Å². The molecule has 1 aliphatic carbocycles. The molecule has 3 heterocycles. The Balaban J connectivity index is 1.36. The minimum atomic E-state index is -0.583. The number of carbonyl (C=O) groups is 1. The van der Waals surface area contributed by atoms with Gasteiger partial charge in [-0.15, -0.1) is 0 Å². The SMILES string of the molecule is O=C(c1cc2nccnc2cc1F)N1CCC(c2nc(C3CC3)no2)C1. The van der Waals surface area contributed by atoms with Gasteiger partial charge in [0.1, 0.15) is 5.82 Å². The average molecular weight is 353 g/mol. The second-order valence-corrected chi connectivity index (χ2v) is 6.88. The summed E-state index contributed by atoms with van der Waals surface area (Å²) < 4.78 is 19.8. The molecule has 2 aromatic heterocycles. The molecule has 1 aliphatic heterocycles. The predicted molar refractivity (Wildman–Crippen MR) is 89.0 cm³/mol. The van der Waals surface area contributed by atoms with E-state index in [0.29, 0.717) is 35.9 Å². The standard InChI is InChI=1S/C18H16FN5O2/c19-13-8-15-14(20-4-5-21-15)7-12(13)18(25)24-6-3-11(9-24)17-22-16(23-26-17)10-1-2-10/h4-5,7-8,10-11H,1-3,6,9H2. The van der Waals surface area contributed by atoms with E-state index in [1.165, 1.54) is 24.5 Å². The van der Waals surface area contributed by atoms with Crippen LogP contribution in [0, 0.1) is 5.82 Å². The van der Waals surface area contributed by atoms with Gasteiger partial charge in [0.15, 0.2) is 5.82 Å². The summed E-state index contributed by atoms with van der Waals surface area (Å²) in [7, 11) is 0. The van der Waals surface area contributed by atoms with Gasteiger partial charge in [-0.1, -0.05) is 5.16 Å². The van der Waals surface area contributed by atoms with Gasteiger partial charge in [0.2, 0.25) is 5.89 Å². The summed E-state index contributed by atoms with van der Waals surface area (Å²) in [4.78, 5) is 27.1. The van der Waals surface area contributed by atoms with E-state index >= 15 is 0 Å². The van der Waals surface area contributed by atoms with E-state index in [-0.39, 0.29) is 17.4 Å². The number of fused-ring (bicyclic) bond motifs is 1. The molecule has 1 aromatic carbocycles. The minimum absolute atomic E-state index is 0.00209. The van der Waals surface area contributed by atoms with Crippen LogP contribution in [0.25, 0.3) is 11.0 Å². The highest BCUT2D eigenvalue weighted by molar-refractivity contribution is 5.97. The molecule has 5 rings (SSSR count). The number of amides is 1. The number of halogens is 1. The molecular formula is C18H16FN5O2. The molecule has 1 saturated heterocycles. The fraction of sp³-hybridized carbons (Fsp3) is 0.389. The molecule has 1 atom stereocenters. The van der Waals surface area contributed by atoms with Gasteiger partial charge in [-0.05, 0) is 25.3 Å². The Morgan fingerprint density at radius 2 is 1.88 bits per heavy atom. The molecule has 1 amide bonds. The number of hydrogen-bond donors (Lipinski definition) is 0. The Bertz CT molecular complexity index is 1000. The summed E-state index contributed by atoms with van der Waals surface area (Å²) in [6.45, 7) is 0.978. The first-order valence-corrected chi connectivity index (χ1v) is 8.72. The summed E-state index contributed by atoms with van der Waals surface area (Å²) >= 11 is 0. The second-order valence-electron chi connectivity index (χ2n) is 6.88. The number of carbonyl (C=O) groups excluding carboxylic acids is 1. The van der Waals surface area contributed by atoms with Crippen molar-refractivity contribution in [1.82, 2.24) is 25.0 Å². The lowest BCUT2D eigenvalue weighted by molar-refractivity contribution is 0.0785. The van der Waals surface area contributed by atoms with Crippen LogP contribution >= 0.6 is 0 Å². The Labute approximate surface area is 148 Å². The maximum Gasteiger partial charge on any atom is 0.256 e. The topological polar surface area (TPSA) is 85.0 Å². The van der Waals surface area contributed by atoms with E-state index in [4.69, 9.17) is 4.52 Å². The minimum Gasteiger partial charge on any atom is -0.339 e. The number of nitrogens with zero attached hydrogens (tertiary/aromatic N) is 5. The average Bonchev–Trinajstić information content (AvgIpc) is 3.19. The number of aromatic nitrogens is 4. The summed E-state index contributed by atoms with van der Waals surface area (Å²) in [6.07, 6.45) is 5.96. The van der Waals surface area contributed by atoms with Crippen molar-refractivity contribution in [2.24, 2.45) is 0 Å². The van der Waals surface area contributed by atoms with Gasteiger partial charge in [-0.2, -0.15) is 4.98 Å². The third kappa shape index (κ3) is 2.61. The largest absolute Gasteiger partial charge is 0.339 e. The monoisotopic (exact) mass is 353 g/mol. The molecule has 0 radical (unpaired) electrons. The van der Waals surface area contributed by atoms with Gasteiger partial charge in [-0.25, -0.2) is 4.39 Å². The summed E-state index contributed by atoms with van der Waals surface area (Å²) in [5.74, 6) is 0.845. The third-order valence-corrected chi connectivity index (χ3v) is 5.01. The predicted octanol–water partition coefficient (Wildman–Crippen LogP) is 2.66. The molecule has 2 fully saturated rings. The molecule has 26 heavy (non-hydrogen) atoms. The van der Waals surface area contributed by atoms with Crippen molar-refractivity contribution in [1.29, 1.82) is 0 Å². The lowest BCUT2D eigenvalue weighted by Gasteiger charge is -2.16. The van der Waals surface area contributed by atoms with Gasteiger partial charge in [0.25, 0.3) is 5.91 Å². The number of hydrogen-bond acceptors (Lipinski definition) is 6. The molecule has 132 valence electrons. The first-order valence-electron chi connectivity index (χ1n) is 8.72. The van der Waals surface area contributed by atoms with Crippen LogP contribution in [-0.4, -0.2) is 44.0 Å². The molecule has 0 N–H and O–H groups in total. The van der Waals surface area contributed by atoms with Gasteiger partial charge in [-0.3, -0.25) is 14.8 Å². The van der Waals surface area contributed by atoms with Crippen molar-refractivity contribution in [3.05, 3.63) is 47.6 Å². The normalized spacial score (nSPS) is 20.0. The van der Waals surface area contributed by atoms with Crippen molar-refractivity contribution in [3.8, 4) is 0 Å². The fourth-order valence-electron chi connectivity index (χ4n) is 3.39. The highest BCUT2D eigenvalue weighted by Gasteiger charge is 2.35. The summed E-state index contributed by atoms with van der Waals surface area (Å²) in [6, 6.07) is 2.72. The van der Waals surface area contributed by atoms with Crippen molar-refractivity contribution < 1.29 is 13.7 Å². The van der Waals surface area contributed by atoms with Crippen LogP contribution in [0.5, 0.6) is 0 Å². The smallest absolute Gasteiger partial charge is 0.256 e. The van der Waals surface area contributed by atoms with Crippen molar-refractivity contribution >= 4 is 16.9 Å². The van der Waals surface area contributed by atoms with E-state index in [0.717, 1.165) is 25.1 Å². The number of benzene rings is 1. The lowest BCUT2D eigenvalue weighted by atomic mass is 10.1. The Kier molecular flexibility index (Phi) is 3.44. The zero-order chi connectivity index (χ0) is 17.7. The van der Waals surface area contributed by atoms with Gasteiger partial charge in [0.05, 0.1) is 22.5 Å². The van der Waals surface area contributed by atoms with E-state index in [1.54, 1.807) is 4.90 Å². The van der Waals surface area contributed by atoms with Gasteiger partial charge < -0.3 is 9.42 Å². The van der Waals surface area contributed by atoms with Crippen LogP contribution < -0.4 is 0 Å². The molecule has 7 nitrogen and oxygen atoms in total. The number of rotatable bonds is 3. The van der Waals surface area contributed by atoms with Crippen LogP contribution in [0.3, 0.4) is 0 Å². The summed E-state index contributed by atoms with van der Waals surface area (Å²) in [5, 5.41) is 4.03. The lowest BCUT2D eigenvalue weighted by Crippen LogP contribution is -2.29. The van der Waals surface area contributed by atoms with Crippen LogP contribution in [0.2, 0.25) is 0 Å². The van der Waals surface area contributed by atoms with Gasteiger partial charge >= 0.3 is 0 Å². The zero-order valence-corrected chi connectivity index (χ0v) is 13.9. The first kappa shape index (κ1) is 15.4. The quantitative estimate of drug-likeness (QED) is 0.720. The molecular weight excluding hydrogens is 337 g/mol. The molecule has 3 aromatic rings. The second kappa shape index (κ2) is 5.82. The van der Waals surface area contributed by atoms with E-state index < -0.39 is 5.82 Å².